The van der Waals surface area contributed by atoms with Crippen LogP contribution in [0.4, 0.5) is 11.4 Å². The lowest BCUT2D eigenvalue weighted by Gasteiger charge is -2.13. The van der Waals surface area contributed by atoms with Gasteiger partial charge < -0.3 is 11.1 Å². The Morgan fingerprint density at radius 2 is 2.18 bits per heavy atom. The van der Waals surface area contributed by atoms with Crippen LogP contribution in [0.5, 0.6) is 0 Å². The van der Waals surface area contributed by atoms with Gasteiger partial charge in [0, 0.05) is 23.8 Å². The fraction of sp³-hybridized carbons (Fsp3) is 0.357. The standard InChI is InChI=1S/C14H19N3/c1-3-10(2)9-17-13-7-6-12(15)14-11(13)5-4-8-16-14/h4-8,10,17H,3,9,15H2,1-2H3. The molecule has 2 aromatic rings. The highest BCUT2D eigenvalue weighted by Crippen LogP contribution is 2.26. The molecular weight excluding hydrogens is 210 g/mol. The summed E-state index contributed by atoms with van der Waals surface area (Å²) in [6.45, 7) is 5.42. The number of nitrogens with one attached hydrogen (secondary N) is 1. The Balaban J connectivity index is 2.32. The van der Waals surface area contributed by atoms with Gasteiger partial charge >= 0.3 is 0 Å². The Morgan fingerprint density at radius 3 is 2.94 bits per heavy atom. The van der Waals surface area contributed by atoms with Crippen LogP contribution in [0.1, 0.15) is 20.3 Å². The molecule has 90 valence electrons. The van der Waals surface area contributed by atoms with E-state index in [0.717, 1.165) is 28.8 Å². The van der Waals surface area contributed by atoms with Crippen LogP contribution in [-0.2, 0) is 0 Å². The van der Waals surface area contributed by atoms with E-state index in [2.05, 4.69) is 30.2 Å². The normalized spacial score (nSPS) is 12.6. The van der Waals surface area contributed by atoms with E-state index in [-0.39, 0.29) is 0 Å². The van der Waals surface area contributed by atoms with Crippen LogP contribution in [0.3, 0.4) is 0 Å². The van der Waals surface area contributed by atoms with E-state index in [1.807, 2.05) is 18.2 Å². The van der Waals surface area contributed by atoms with Crippen LogP contribution in [0.2, 0.25) is 0 Å². The minimum atomic E-state index is 0.666. The van der Waals surface area contributed by atoms with E-state index in [4.69, 9.17) is 5.73 Å². The summed E-state index contributed by atoms with van der Waals surface area (Å²) in [5.74, 6) is 0.666. The number of nitrogens with two attached hydrogens (primary N) is 1. The second kappa shape index (κ2) is 5.04. The van der Waals surface area contributed by atoms with Crippen molar-refractivity contribution in [2.45, 2.75) is 20.3 Å². The molecule has 0 saturated carbocycles. The number of aromatic nitrogens is 1. The number of hydrogen-bond acceptors (Lipinski definition) is 3. The Kier molecular flexibility index (Phi) is 3.47. The number of fused-ring (bicyclic) bond motifs is 1. The average Bonchev–Trinajstić information content (AvgIpc) is 2.38. The number of hydrogen-bond donors (Lipinski definition) is 2. The van der Waals surface area contributed by atoms with Gasteiger partial charge in [-0.1, -0.05) is 20.3 Å². The van der Waals surface area contributed by atoms with Gasteiger partial charge in [0.2, 0.25) is 0 Å². The molecule has 0 aliphatic carbocycles. The number of benzene rings is 1. The molecule has 0 amide bonds. The Labute approximate surface area is 102 Å². The maximum Gasteiger partial charge on any atom is 0.0951 e. The Bertz CT molecular complexity index is 508. The molecule has 1 aromatic heterocycles. The Hall–Kier alpha value is -1.77. The summed E-state index contributed by atoms with van der Waals surface area (Å²) >= 11 is 0. The summed E-state index contributed by atoms with van der Waals surface area (Å²) in [5, 5.41) is 4.56. The first kappa shape index (κ1) is 11.7. The van der Waals surface area contributed by atoms with Crippen molar-refractivity contribution in [2.75, 3.05) is 17.6 Å². The van der Waals surface area contributed by atoms with Crippen molar-refractivity contribution in [2.24, 2.45) is 5.92 Å². The fourth-order valence-electron chi connectivity index (χ4n) is 1.78. The van der Waals surface area contributed by atoms with Crippen LogP contribution in [0, 0.1) is 5.92 Å². The lowest BCUT2D eigenvalue weighted by atomic mass is 10.1. The monoisotopic (exact) mass is 229 g/mol. The molecule has 0 bridgehead atoms. The minimum absolute atomic E-state index is 0.666. The van der Waals surface area contributed by atoms with Gasteiger partial charge in [-0.15, -0.1) is 0 Å². The number of nitrogens with zero attached hydrogens (tertiary/aromatic N) is 1. The molecule has 0 fully saturated rings. The number of nitrogen functional groups attached to an aromatic ring is 1. The maximum atomic E-state index is 5.92. The molecule has 1 unspecified atom stereocenters. The molecule has 0 spiro atoms. The quantitative estimate of drug-likeness (QED) is 0.791. The van der Waals surface area contributed by atoms with Crippen molar-refractivity contribution in [1.29, 1.82) is 0 Å². The highest BCUT2D eigenvalue weighted by Gasteiger charge is 2.05. The number of anilines is 2. The molecule has 1 heterocycles. The summed E-state index contributed by atoms with van der Waals surface area (Å²) < 4.78 is 0. The third-order valence-corrected chi connectivity index (χ3v) is 3.14. The molecule has 2 rings (SSSR count). The van der Waals surface area contributed by atoms with E-state index < -0.39 is 0 Å². The smallest absolute Gasteiger partial charge is 0.0951 e. The molecule has 1 aromatic carbocycles. The fourth-order valence-corrected chi connectivity index (χ4v) is 1.78. The molecular formula is C14H19N3. The van der Waals surface area contributed by atoms with Gasteiger partial charge in [-0.05, 0) is 30.2 Å². The van der Waals surface area contributed by atoms with Crippen molar-refractivity contribution in [3.63, 3.8) is 0 Å². The van der Waals surface area contributed by atoms with E-state index in [9.17, 15) is 0 Å². The second-order valence-electron chi connectivity index (χ2n) is 4.50. The third kappa shape index (κ3) is 2.49. The third-order valence-electron chi connectivity index (χ3n) is 3.14. The van der Waals surface area contributed by atoms with Gasteiger partial charge in [0.1, 0.15) is 0 Å². The zero-order valence-electron chi connectivity index (χ0n) is 10.4. The van der Waals surface area contributed by atoms with Crippen LogP contribution in [0.25, 0.3) is 10.9 Å². The van der Waals surface area contributed by atoms with Gasteiger partial charge in [0.05, 0.1) is 11.2 Å². The maximum absolute atomic E-state index is 5.92. The molecule has 3 N–H and O–H groups in total. The first-order valence-corrected chi connectivity index (χ1v) is 6.09. The largest absolute Gasteiger partial charge is 0.397 e. The summed E-state index contributed by atoms with van der Waals surface area (Å²) in [6.07, 6.45) is 2.95. The van der Waals surface area contributed by atoms with Crippen molar-refractivity contribution in [3.05, 3.63) is 30.5 Å². The second-order valence-corrected chi connectivity index (χ2v) is 4.50. The van der Waals surface area contributed by atoms with Crippen molar-refractivity contribution in [3.8, 4) is 0 Å². The molecule has 0 saturated heterocycles. The zero-order valence-corrected chi connectivity index (χ0v) is 10.4. The summed E-state index contributed by atoms with van der Waals surface area (Å²) in [6, 6.07) is 7.93. The first-order valence-electron chi connectivity index (χ1n) is 6.09. The lowest BCUT2D eigenvalue weighted by Crippen LogP contribution is -2.10. The van der Waals surface area contributed by atoms with Gasteiger partial charge in [0.25, 0.3) is 0 Å². The molecule has 0 aliphatic rings. The van der Waals surface area contributed by atoms with E-state index >= 15 is 0 Å². The first-order chi connectivity index (χ1) is 8.22. The van der Waals surface area contributed by atoms with E-state index in [0.29, 0.717) is 5.92 Å². The van der Waals surface area contributed by atoms with Crippen molar-refractivity contribution in [1.82, 2.24) is 4.98 Å². The lowest BCUT2D eigenvalue weighted by molar-refractivity contribution is 0.594. The highest BCUT2D eigenvalue weighted by atomic mass is 14.9. The molecule has 0 aliphatic heterocycles. The molecule has 3 nitrogen and oxygen atoms in total. The van der Waals surface area contributed by atoms with E-state index in [1.165, 1.54) is 6.42 Å². The van der Waals surface area contributed by atoms with Crippen LogP contribution < -0.4 is 11.1 Å². The topological polar surface area (TPSA) is 50.9 Å². The summed E-state index contributed by atoms with van der Waals surface area (Å²) in [5.41, 5.74) is 8.64. The number of rotatable bonds is 4. The minimum Gasteiger partial charge on any atom is -0.397 e. The van der Waals surface area contributed by atoms with Crippen LogP contribution in [-0.4, -0.2) is 11.5 Å². The predicted octanol–water partition coefficient (Wildman–Crippen LogP) is 3.28. The summed E-state index contributed by atoms with van der Waals surface area (Å²) in [4.78, 5) is 4.32. The van der Waals surface area contributed by atoms with Gasteiger partial charge in [-0.25, -0.2) is 0 Å². The molecule has 0 radical (unpaired) electrons. The molecule has 1 atom stereocenters. The van der Waals surface area contributed by atoms with Gasteiger partial charge in [-0.2, -0.15) is 0 Å². The van der Waals surface area contributed by atoms with E-state index in [1.54, 1.807) is 6.20 Å². The van der Waals surface area contributed by atoms with Crippen molar-refractivity contribution >= 4 is 22.3 Å². The average molecular weight is 229 g/mol. The SMILES string of the molecule is CCC(C)CNc1ccc(N)c2ncccc12. The predicted molar refractivity (Wildman–Crippen MR) is 74.1 cm³/mol. The molecule has 3 heteroatoms. The summed E-state index contributed by atoms with van der Waals surface area (Å²) in [7, 11) is 0. The van der Waals surface area contributed by atoms with Gasteiger partial charge in [-0.3, -0.25) is 4.98 Å². The molecule has 17 heavy (non-hydrogen) atoms. The van der Waals surface area contributed by atoms with Gasteiger partial charge in [0.15, 0.2) is 0 Å². The van der Waals surface area contributed by atoms with Crippen LogP contribution >= 0.6 is 0 Å². The highest BCUT2D eigenvalue weighted by molar-refractivity contribution is 5.98. The number of pyridine rings is 1. The van der Waals surface area contributed by atoms with Crippen LogP contribution in [0.15, 0.2) is 30.5 Å². The Morgan fingerprint density at radius 1 is 1.35 bits per heavy atom. The zero-order chi connectivity index (χ0) is 12.3. The van der Waals surface area contributed by atoms with Crippen molar-refractivity contribution < 1.29 is 0 Å².